The Kier molecular flexibility index (Phi) is 6.47. The van der Waals surface area contributed by atoms with E-state index in [1.807, 2.05) is 6.07 Å². The number of rotatable bonds is 7. The standard InChI is InChI=1S/C18H31N3O/c1-5-10-22-18-12-17(20-16(21-18)11-13(2)3)19-15-9-7-6-8-14(15)4/h12-15H,5-11H2,1-4H3,(H,19,20,21). The molecule has 4 nitrogen and oxygen atoms in total. The zero-order chi connectivity index (χ0) is 15.9. The van der Waals surface area contributed by atoms with Gasteiger partial charge in [0.15, 0.2) is 0 Å². The van der Waals surface area contributed by atoms with Gasteiger partial charge in [0.2, 0.25) is 5.88 Å². The van der Waals surface area contributed by atoms with E-state index in [1.165, 1.54) is 25.7 Å². The molecule has 2 unspecified atom stereocenters. The predicted octanol–water partition coefficient (Wildman–Crippen LogP) is 4.45. The number of hydrogen-bond acceptors (Lipinski definition) is 4. The molecule has 0 aromatic carbocycles. The summed E-state index contributed by atoms with van der Waals surface area (Å²) in [5.74, 6) is 3.77. The van der Waals surface area contributed by atoms with Crippen molar-refractivity contribution >= 4 is 5.82 Å². The molecule has 0 bridgehead atoms. The summed E-state index contributed by atoms with van der Waals surface area (Å²) in [6, 6.07) is 2.48. The van der Waals surface area contributed by atoms with Crippen LogP contribution in [-0.2, 0) is 6.42 Å². The zero-order valence-electron chi connectivity index (χ0n) is 14.6. The molecule has 1 saturated carbocycles. The van der Waals surface area contributed by atoms with Crippen LogP contribution in [0.4, 0.5) is 5.82 Å². The fraction of sp³-hybridized carbons (Fsp3) is 0.778. The molecule has 0 aliphatic heterocycles. The molecule has 2 rings (SSSR count). The molecular formula is C18H31N3O. The minimum absolute atomic E-state index is 0.523. The summed E-state index contributed by atoms with van der Waals surface area (Å²) in [7, 11) is 0. The molecule has 0 spiro atoms. The monoisotopic (exact) mass is 305 g/mol. The van der Waals surface area contributed by atoms with E-state index in [0.29, 0.717) is 30.4 Å². The number of hydrogen-bond donors (Lipinski definition) is 1. The highest BCUT2D eigenvalue weighted by molar-refractivity contribution is 5.40. The van der Waals surface area contributed by atoms with Gasteiger partial charge in [-0.1, -0.05) is 40.5 Å². The van der Waals surface area contributed by atoms with Crippen LogP contribution in [-0.4, -0.2) is 22.6 Å². The highest BCUT2D eigenvalue weighted by atomic mass is 16.5. The Morgan fingerprint density at radius 2 is 2.05 bits per heavy atom. The number of ether oxygens (including phenoxy) is 1. The van der Waals surface area contributed by atoms with Gasteiger partial charge in [-0.15, -0.1) is 0 Å². The van der Waals surface area contributed by atoms with E-state index in [0.717, 1.165) is 24.5 Å². The van der Waals surface area contributed by atoms with Gasteiger partial charge < -0.3 is 10.1 Å². The second-order valence-electron chi connectivity index (χ2n) is 6.97. The number of nitrogens with zero attached hydrogens (tertiary/aromatic N) is 2. The molecule has 1 fully saturated rings. The first kappa shape index (κ1) is 17.0. The summed E-state index contributed by atoms with van der Waals surface area (Å²) < 4.78 is 5.74. The van der Waals surface area contributed by atoms with Gasteiger partial charge in [-0.2, -0.15) is 4.98 Å². The van der Waals surface area contributed by atoms with Crippen LogP contribution in [0.1, 0.15) is 65.6 Å². The highest BCUT2D eigenvalue weighted by Gasteiger charge is 2.22. The van der Waals surface area contributed by atoms with Crippen LogP contribution in [0.25, 0.3) is 0 Å². The lowest BCUT2D eigenvalue weighted by Crippen LogP contribution is -2.30. The summed E-state index contributed by atoms with van der Waals surface area (Å²) in [5.41, 5.74) is 0. The first-order chi connectivity index (χ1) is 10.6. The number of nitrogens with one attached hydrogen (secondary N) is 1. The lowest BCUT2D eigenvalue weighted by Gasteiger charge is -2.30. The van der Waals surface area contributed by atoms with Crippen LogP contribution in [0.2, 0.25) is 0 Å². The van der Waals surface area contributed by atoms with Gasteiger partial charge in [0.05, 0.1) is 6.61 Å². The van der Waals surface area contributed by atoms with Crippen LogP contribution >= 0.6 is 0 Å². The molecule has 1 aliphatic carbocycles. The van der Waals surface area contributed by atoms with E-state index in [4.69, 9.17) is 9.72 Å². The van der Waals surface area contributed by atoms with Crippen molar-refractivity contribution in [1.82, 2.24) is 9.97 Å². The molecule has 0 saturated heterocycles. The Balaban J connectivity index is 2.13. The Hall–Kier alpha value is -1.32. The normalized spacial score (nSPS) is 21.9. The third kappa shape index (κ3) is 5.15. The third-order valence-electron chi connectivity index (χ3n) is 4.24. The van der Waals surface area contributed by atoms with Gasteiger partial charge in [0.25, 0.3) is 0 Å². The second kappa shape index (κ2) is 8.35. The Morgan fingerprint density at radius 3 is 2.73 bits per heavy atom. The largest absolute Gasteiger partial charge is 0.478 e. The fourth-order valence-corrected chi connectivity index (χ4v) is 3.00. The van der Waals surface area contributed by atoms with E-state index in [2.05, 4.69) is 38.0 Å². The maximum Gasteiger partial charge on any atom is 0.218 e. The Labute approximate surface area is 135 Å². The molecule has 1 aromatic rings. The summed E-state index contributed by atoms with van der Waals surface area (Å²) in [4.78, 5) is 9.26. The van der Waals surface area contributed by atoms with Crippen LogP contribution < -0.4 is 10.1 Å². The van der Waals surface area contributed by atoms with Gasteiger partial charge in [-0.3, -0.25) is 0 Å². The first-order valence-corrected chi connectivity index (χ1v) is 8.85. The minimum atomic E-state index is 0.523. The Bertz CT molecular complexity index is 462. The second-order valence-corrected chi connectivity index (χ2v) is 6.97. The molecule has 1 aliphatic rings. The van der Waals surface area contributed by atoms with Crippen molar-refractivity contribution in [2.45, 2.75) is 72.3 Å². The molecule has 0 radical (unpaired) electrons. The predicted molar refractivity (Wildman–Crippen MR) is 91.4 cm³/mol. The quantitative estimate of drug-likeness (QED) is 0.808. The van der Waals surface area contributed by atoms with Crippen molar-refractivity contribution in [3.8, 4) is 5.88 Å². The molecule has 0 amide bonds. The van der Waals surface area contributed by atoms with Crippen LogP contribution in [0.3, 0.4) is 0 Å². The average molecular weight is 305 g/mol. The lowest BCUT2D eigenvalue weighted by molar-refractivity contribution is 0.303. The van der Waals surface area contributed by atoms with E-state index in [9.17, 15) is 0 Å². The SMILES string of the molecule is CCCOc1cc(NC2CCCCC2C)nc(CC(C)C)n1. The maximum atomic E-state index is 5.74. The van der Waals surface area contributed by atoms with Crippen molar-refractivity contribution in [3.05, 3.63) is 11.9 Å². The summed E-state index contributed by atoms with van der Waals surface area (Å²) in [6.07, 6.45) is 7.08. The zero-order valence-corrected chi connectivity index (χ0v) is 14.6. The molecule has 2 atom stereocenters. The van der Waals surface area contributed by atoms with Gasteiger partial charge in [0.1, 0.15) is 11.6 Å². The molecule has 4 heteroatoms. The smallest absolute Gasteiger partial charge is 0.218 e. The van der Waals surface area contributed by atoms with Gasteiger partial charge in [0, 0.05) is 18.5 Å². The van der Waals surface area contributed by atoms with Crippen molar-refractivity contribution < 1.29 is 4.74 Å². The summed E-state index contributed by atoms with van der Waals surface area (Å²) in [6.45, 7) is 9.54. The highest BCUT2D eigenvalue weighted by Crippen LogP contribution is 2.27. The van der Waals surface area contributed by atoms with Crippen molar-refractivity contribution in [2.75, 3.05) is 11.9 Å². The van der Waals surface area contributed by atoms with Crippen molar-refractivity contribution in [3.63, 3.8) is 0 Å². The average Bonchev–Trinajstić information content (AvgIpc) is 2.47. The van der Waals surface area contributed by atoms with Gasteiger partial charge >= 0.3 is 0 Å². The van der Waals surface area contributed by atoms with Crippen LogP contribution in [0.5, 0.6) is 5.88 Å². The summed E-state index contributed by atoms with van der Waals surface area (Å²) in [5, 5.41) is 3.63. The molecule has 22 heavy (non-hydrogen) atoms. The van der Waals surface area contributed by atoms with E-state index >= 15 is 0 Å². The minimum Gasteiger partial charge on any atom is -0.478 e. The number of aromatic nitrogens is 2. The Morgan fingerprint density at radius 1 is 1.27 bits per heavy atom. The van der Waals surface area contributed by atoms with E-state index in [1.54, 1.807) is 0 Å². The maximum absolute atomic E-state index is 5.74. The van der Waals surface area contributed by atoms with Gasteiger partial charge in [-0.05, 0) is 31.1 Å². The lowest BCUT2D eigenvalue weighted by atomic mass is 9.86. The molecule has 124 valence electrons. The topological polar surface area (TPSA) is 47.0 Å². The molecule has 1 aromatic heterocycles. The van der Waals surface area contributed by atoms with Crippen LogP contribution in [0.15, 0.2) is 6.07 Å². The number of anilines is 1. The molecule has 1 N–H and O–H groups in total. The molecular weight excluding hydrogens is 274 g/mol. The fourth-order valence-electron chi connectivity index (χ4n) is 3.00. The summed E-state index contributed by atoms with van der Waals surface area (Å²) >= 11 is 0. The van der Waals surface area contributed by atoms with Crippen LogP contribution in [0, 0.1) is 11.8 Å². The molecule has 1 heterocycles. The van der Waals surface area contributed by atoms with E-state index in [-0.39, 0.29) is 0 Å². The third-order valence-corrected chi connectivity index (χ3v) is 4.24. The van der Waals surface area contributed by atoms with Crippen molar-refractivity contribution in [1.29, 1.82) is 0 Å². The van der Waals surface area contributed by atoms with Gasteiger partial charge in [-0.25, -0.2) is 4.98 Å². The first-order valence-electron chi connectivity index (χ1n) is 8.85. The van der Waals surface area contributed by atoms with E-state index < -0.39 is 0 Å². The van der Waals surface area contributed by atoms with Crippen molar-refractivity contribution in [2.24, 2.45) is 11.8 Å².